The van der Waals surface area contributed by atoms with Gasteiger partial charge in [0.05, 0.1) is 13.2 Å². The van der Waals surface area contributed by atoms with Crippen molar-refractivity contribution in [3.8, 4) is 12.3 Å². The number of morpholine rings is 1. The second-order valence-corrected chi connectivity index (χ2v) is 6.71. The van der Waals surface area contributed by atoms with Gasteiger partial charge in [-0.25, -0.2) is 0 Å². The zero-order valence-electron chi connectivity index (χ0n) is 14.6. The second kappa shape index (κ2) is 7.31. The minimum Gasteiger partial charge on any atom is -0.377 e. The predicted molar refractivity (Wildman–Crippen MR) is 88.5 cm³/mol. The highest BCUT2D eigenvalue weighted by molar-refractivity contribution is 5.76. The molecule has 1 aromatic rings. The van der Waals surface area contributed by atoms with Gasteiger partial charge in [0.15, 0.2) is 11.5 Å². The number of carbonyl (C=O) groups is 1. The van der Waals surface area contributed by atoms with Crippen molar-refractivity contribution in [1.29, 1.82) is 0 Å². The molecule has 25 heavy (non-hydrogen) atoms. The van der Waals surface area contributed by atoms with Gasteiger partial charge in [0.1, 0.15) is 6.04 Å². The fourth-order valence-electron chi connectivity index (χ4n) is 2.85. The van der Waals surface area contributed by atoms with Crippen molar-refractivity contribution >= 4 is 5.91 Å². The van der Waals surface area contributed by atoms with Gasteiger partial charge in [-0.2, -0.15) is 15.2 Å². The summed E-state index contributed by atoms with van der Waals surface area (Å²) in [6.45, 7) is 5.36. The largest absolute Gasteiger partial charge is 0.377 e. The monoisotopic (exact) mass is 345 g/mol. The molecule has 3 rings (SSSR count). The highest BCUT2D eigenvalue weighted by Crippen LogP contribution is 2.38. The van der Waals surface area contributed by atoms with Gasteiger partial charge in [-0.1, -0.05) is 19.0 Å². The van der Waals surface area contributed by atoms with E-state index in [0.29, 0.717) is 57.2 Å². The Morgan fingerprint density at radius 1 is 1.44 bits per heavy atom. The van der Waals surface area contributed by atoms with Crippen LogP contribution in [0, 0.1) is 12.3 Å². The van der Waals surface area contributed by atoms with Gasteiger partial charge in [-0.3, -0.25) is 4.79 Å². The Hall–Kier alpha value is -2.27. The molecule has 0 N–H and O–H groups in total. The third-order valence-electron chi connectivity index (χ3n) is 4.49. The first-order valence-corrected chi connectivity index (χ1v) is 8.63. The average Bonchev–Trinajstić information content (AvgIpc) is 3.21. The molecular formula is C17H23N5O3. The van der Waals surface area contributed by atoms with Gasteiger partial charge in [0, 0.05) is 38.1 Å². The van der Waals surface area contributed by atoms with E-state index in [-0.39, 0.29) is 17.9 Å². The lowest BCUT2D eigenvalue weighted by molar-refractivity contribution is -0.140. The van der Waals surface area contributed by atoms with Crippen molar-refractivity contribution in [2.24, 2.45) is 10.2 Å². The molecule has 3 heterocycles. The van der Waals surface area contributed by atoms with Gasteiger partial charge in [-0.15, -0.1) is 12.3 Å². The number of hydrogen-bond donors (Lipinski definition) is 0. The quantitative estimate of drug-likeness (QED) is 0.708. The summed E-state index contributed by atoms with van der Waals surface area (Å²) in [6.07, 6.45) is 7.56. The molecule has 1 aromatic heterocycles. The van der Waals surface area contributed by atoms with E-state index in [1.54, 1.807) is 4.90 Å². The SMILES string of the molecule is C#CCCC1(CCC(=O)N2CCOCC2c2noc(C(C)C)n2)N=N1. The van der Waals surface area contributed by atoms with Crippen LogP contribution in [0.4, 0.5) is 0 Å². The molecule has 0 radical (unpaired) electrons. The summed E-state index contributed by atoms with van der Waals surface area (Å²) in [5, 5.41) is 12.2. The number of aromatic nitrogens is 2. The molecular weight excluding hydrogens is 322 g/mol. The van der Waals surface area contributed by atoms with E-state index in [9.17, 15) is 4.79 Å². The van der Waals surface area contributed by atoms with E-state index >= 15 is 0 Å². The minimum absolute atomic E-state index is 0.0292. The number of amides is 1. The molecule has 2 aliphatic rings. The van der Waals surface area contributed by atoms with Crippen LogP contribution in [-0.4, -0.2) is 46.4 Å². The number of nitrogens with zero attached hydrogens (tertiary/aromatic N) is 5. The highest BCUT2D eigenvalue weighted by atomic mass is 16.5. The minimum atomic E-state index is -0.444. The maximum Gasteiger partial charge on any atom is 0.229 e. The standard InChI is InChI=1S/C17H23N5O3/c1-4-5-7-17(20-21-17)8-6-14(23)22-9-10-24-11-13(22)15-18-16(12(2)3)25-19-15/h1,12-13H,5-11H2,2-3H3. The van der Waals surface area contributed by atoms with Crippen molar-refractivity contribution in [2.45, 2.75) is 57.2 Å². The average molecular weight is 345 g/mol. The van der Waals surface area contributed by atoms with Crippen LogP contribution < -0.4 is 0 Å². The van der Waals surface area contributed by atoms with Gasteiger partial charge < -0.3 is 14.2 Å². The number of terminal acetylenes is 1. The molecule has 0 saturated carbocycles. The normalized spacial score (nSPS) is 21.4. The lowest BCUT2D eigenvalue weighted by atomic mass is 10.0. The first kappa shape index (κ1) is 17.5. The zero-order chi connectivity index (χ0) is 17.9. The molecule has 1 fully saturated rings. The van der Waals surface area contributed by atoms with Crippen molar-refractivity contribution in [3.05, 3.63) is 11.7 Å². The molecule has 8 nitrogen and oxygen atoms in total. The fourth-order valence-corrected chi connectivity index (χ4v) is 2.85. The van der Waals surface area contributed by atoms with E-state index in [4.69, 9.17) is 15.7 Å². The molecule has 0 aliphatic carbocycles. The second-order valence-electron chi connectivity index (χ2n) is 6.71. The molecule has 1 unspecified atom stereocenters. The van der Waals surface area contributed by atoms with Gasteiger partial charge in [0.25, 0.3) is 0 Å². The summed E-state index contributed by atoms with van der Waals surface area (Å²) in [6, 6.07) is -0.313. The number of hydrogen-bond acceptors (Lipinski definition) is 7. The van der Waals surface area contributed by atoms with Gasteiger partial charge >= 0.3 is 0 Å². The first-order chi connectivity index (χ1) is 12.0. The number of rotatable bonds is 7. The smallest absolute Gasteiger partial charge is 0.229 e. The van der Waals surface area contributed by atoms with Crippen LogP contribution in [-0.2, 0) is 9.53 Å². The van der Waals surface area contributed by atoms with Crippen LogP contribution in [0.3, 0.4) is 0 Å². The van der Waals surface area contributed by atoms with Crippen LogP contribution >= 0.6 is 0 Å². The third kappa shape index (κ3) is 4.04. The Balaban J connectivity index is 1.62. The van der Waals surface area contributed by atoms with Gasteiger partial charge in [-0.05, 0) is 0 Å². The van der Waals surface area contributed by atoms with Crippen molar-refractivity contribution < 1.29 is 14.1 Å². The van der Waals surface area contributed by atoms with E-state index in [0.717, 1.165) is 0 Å². The van der Waals surface area contributed by atoms with E-state index in [2.05, 4.69) is 26.3 Å². The summed E-state index contributed by atoms with van der Waals surface area (Å²) in [5.74, 6) is 3.83. The Kier molecular flexibility index (Phi) is 5.13. The summed E-state index contributed by atoms with van der Waals surface area (Å²) in [7, 11) is 0. The predicted octanol–water partition coefficient (Wildman–Crippen LogP) is 2.45. The summed E-state index contributed by atoms with van der Waals surface area (Å²) in [5.41, 5.74) is -0.444. The fraction of sp³-hybridized carbons (Fsp3) is 0.706. The number of carbonyl (C=O) groups excluding carboxylic acids is 1. The van der Waals surface area contributed by atoms with E-state index in [1.165, 1.54) is 0 Å². The molecule has 8 heteroatoms. The summed E-state index contributed by atoms with van der Waals surface area (Å²) < 4.78 is 10.8. The van der Waals surface area contributed by atoms with Crippen LogP contribution in [0.1, 0.15) is 63.2 Å². The maximum absolute atomic E-state index is 12.7. The molecule has 1 amide bonds. The van der Waals surface area contributed by atoms with Gasteiger partial charge in [0.2, 0.25) is 11.8 Å². The van der Waals surface area contributed by atoms with Crippen LogP contribution in [0.2, 0.25) is 0 Å². The Bertz CT molecular complexity index is 685. The molecule has 134 valence electrons. The van der Waals surface area contributed by atoms with Crippen molar-refractivity contribution in [2.75, 3.05) is 19.8 Å². The highest BCUT2D eigenvalue weighted by Gasteiger charge is 2.40. The zero-order valence-corrected chi connectivity index (χ0v) is 14.6. The Morgan fingerprint density at radius 3 is 2.88 bits per heavy atom. The van der Waals surface area contributed by atoms with Crippen LogP contribution in [0.15, 0.2) is 14.8 Å². The summed E-state index contributed by atoms with van der Waals surface area (Å²) in [4.78, 5) is 18.9. The summed E-state index contributed by atoms with van der Waals surface area (Å²) >= 11 is 0. The van der Waals surface area contributed by atoms with Crippen molar-refractivity contribution in [3.63, 3.8) is 0 Å². The van der Waals surface area contributed by atoms with E-state index < -0.39 is 5.66 Å². The Morgan fingerprint density at radius 2 is 2.24 bits per heavy atom. The molecule has 1 saturated heterocycles. The van der Waals surface area contributed by atoms with Crippen molar-refractivity contribution in [1.82, 2.24) is 15.0 Å². The molecule has 0 aromatic carbocycles. The molecule has 1 atom stereocenters. The topological polar surface area (TPSA) is 93.2 Å². The Labute approximate surface area is 147 Å². The maximum atomic E-state index is 12.7. The number of ether oxygens (including phenoxy) is 1. The molecule has 0 bridgehead atoms. The molecule has 0 spiro atoms. The lowest BCUT2D eigenvalue weighted by Gasteiger charge is -2.34. The third-order valence-corrected chi connectivity index (χ3v) is 4.49. The van der Waals surface area contributed by atoms with Crippen LogP contribution in [0.25, 0.3) is 0 Å². The lowest BCUT2D eigenvalue weighted by Crippen LogP contribution is -2.44. The molecule has 2 aliphatic heterocycles. The van der Waals surface area contributed by atoms with E-state index in [1.807, 2.05) is 13.8 Å². The first-order valence-electron chi connectivity index (χ1n) is 8.63. The van der Waals surface area contributed by atoms with Crippen LogP contribution in [0.5, 0.6) is 0 Å².